The van der Waals surface area contributed by atoms with Crippen molar-refractivity contribution in [3.05, 3.63) is 35.4 Å². The van der Waals surface area contributed by atoms with Gasteiger partial charge in [0.15, 0.2) is 0 Å². The molecule has 25 heavy (non-hydrogen) atoms. The predicted octanol–water partition coefficient (Wildman–Crippen LogP) is 2.64. The Morgan fingerprint density at radius 3 is 2.96 bits per heavy atom. The molecule has 1 aromatic carbocycles. The fourth-order valence-electron chi connectivity index (χ4n) is 4.93. The lowest BCUT2D eigenvalue weighted by molar-refractivity contribution is -0.123. The Bertz CT molecular complexity index is 597. The van der Waals surface area contributed by atoms with Crippen molar-refractivity contribution in [1.82, 2.24) is 15.5 Å². The van der Waals surface area contributed by atoms with Gasteiger partial charge in [-0.3, -0.25) is 9.69 Å². The van der Waals surface area contributed by atoms with Gasteiger partial charge >= 0.3 is 0 Å². The van der Waals surface area contributed by atoms with Crippen molar-refractivity contribution < 1.29 is 4.79 Å². The SMILES string of the molecule is O=C(NCC1CCCN(C2CCCc3ccccc32)C1)C1CCCN1. The average Bonchev–Trinajstić information content (AvgIpc) is 3.21. The quantitative estimate of drug-likeness (QED) is 0.885. The molecule has 1 aromatic rings. The second-order valence-corrected chi connectivity index (χ2v) is 8.00. The predicted molar refractivity (Wildman–Crippen MR) is 100 cm³/mol. The monoisotopic (exact) mass is 341 g/mol. The van der Waals surface area contributed by atoms with Gasteiger partial charge in [0.25, 0.3) is 0 Å². The van der Waals surface area contributed by atoms with Gasteiger partial charge in [0, 0.05) is 19.1 Å². The Hall–Kier alpha value is -1.39. The van der Waals surface area contributed by atoms with E-state index in [1.165, 1.54) is 38.6 Å². The Labute approximate surface area is 151 Å². The van der Waals surface area contributed by atoms with E-state index in [9.17, 15) is 4.79 Å². The number of rotatable bonds is 4. The fourth-order valence-corrected chi connectivity index (χ4v) is 4.93. The lowest BCUT2D eigenvalue weighted by atomic mass is 9.85. The minimum absolute atomic E-state index is 0.0462. The molecule has 4 heteroatoms. The van der Waals surface area contributed by atoms with E-state index in [-0.39, 0.29) is 11.9 Å². The molecule has 0 bridgehead atoms. The van der Waals surface area contributed by atoms with Crippen LogP contribution in [0.15, 0.2) is 24.3 Å². The van der Waals surface area contributed by atoms with Gasteiger partial charge in [-0.25, -0.2) is 0 Å². The maximum Gasteiger partial charge on any atom is 0.237 e. The number of amides is 1. The minimum Gasteiger partial charge on any atom is -0.354 e. The third-order valence-corrected chi connectivity index (χ3v) is 6.27. The number of hydrogen-bond acceptors (Lipinski definition) is 3. The fraction of sp³-hybridized carbons (Fsp3) is 0.667. The number of likely N-dealkylation sites (tertiary alicyclic amines) is 1. The smallest absolute Gasteiger partial charge is 0.237 e. The van der Waals surface area contributed by atoms with Crippen LogP contribution < -0.4 is 10.6 Å². The first kappa shape index (κ1) is 17.0. The Balaban J connectivity index is 1.34. The van der Waals surface area contributed by atoms with Crippen LogP contribution in [0.2, 0.25) is 0 Å². The molecule has 1 amide bonds. The summed E-state index contributed by atoms with van der Waals surface area (Å²) in [7, 11) is 0. The van der Waals surface area contributed by atoms with Gasteiger partial charge in [-0.15, -0.1) is 0 Å². The highest BCUT2D eigenvalue weighted by Crippen LogP contribution is 2.36. The summed E-state index contributed by atoms with van der Waals surface area (Å²) in [6.45, 7) is 4.14. The van der Waals surface area contributed by atoms with Gasteiger partial charge in [-0.2, -0.15) is 0 Å². The van der Waals surface area contributed by atoms with Crippen molar-refractivity contribution in [3.63, 3.8) is 0 Å². The van der Waals surface area contributed by atoms with Gasteiger partial charge in [-0.1, -0.05) is 24.3 Å². The average molecular weight is 341 g/mol. The molecule has 0 aromatic heterocycles. The van der Waals surface area contributed by atoms with Crippen LogP contribution in [0.25, 0.3) is 0 Å². The number of benzene rings is 1. The van der Waals surface area contributed by atoms with E-state index in [1.807, 2.05) is 0 Å². The van der Waals surface area contributed by atoms with E-state index in [1.54, 1.807) is 11.1 Å². The number of carbonyl (C=O) groups is 1. The standard InChI is InChI=1S/C21H31N3O/c25-21(19-10-4-12-22-19)23-14-16-6-5-13-24(15-16)20-11-3-8-17-7-1-2-9-18(17)20/h1-2,7,9,16,19-20,22H,3-6,8,10-15H2,(H,23,25). The molecule has 3 unspecified atom stereocenters. The molecule has 3 aliphatic rings. The molecule has 3 atom stereocenters. The van der Waals surface area contributed by atoms with Crippen LogP contribution in [0, 0.1) is 5.92 Å². The summed E-state index contributed by atoms with van der Waals surface area (Å²) in [4.78, 5) is 14.9. The maximum absolute atomic E-state index is 12.2. The van der Waals surface area contributed by atoms with Gasteiger partial charge in [-0.05, 0) is 75.1 Å². The molecule has 136 valence electrons. The number of aryl methyl sites for hydroxylation is 1. The first-order chi connectivity index (χ1) is 12.3. The largest absolute Gasteiger partial charge is 0.354 e. The van der Waals surface area contributed by atoms with Crippen molar-refractivity contribution in [3.8, 4) is 0 Å². The van der Waals surface area contributed by atoms with E-state index in [0.29, 0.717) is 12.0 Å². The summed E-state index contributed by atoms with van der Waals surface area (Å²) >= 11 is 0. The molecule has 0 radical (unpaired) electrons. The summed E-state index contributed by atoms with van der Waals surface area (Å²) < 4.78 is 0. The van der Waals surface area contributed by atoms with Gasteiger partial charge in [0.2, 0.25) is 5.91 Å². The van der Waals surface area contributed by atoms with Gasteiger partial charge in [0.1, 0.15) is 0 Å². The zero-order chi connectivity index (χ0) is 17.1. The number of fused-ring (bicyclic) bond motifs is 1. The van der Waals surface area contributed by atoms with E-state index >= 15 is 0 Å². The molecule has 2 N–H and O–H groups in total. The maximum atomic E-state index is 12.2. The highest BCUT2D eigenvalue weighted by atomic mass is 16.2. The summed E-state index contributed by atoms with van der Waals surface area (Å²) in [6, 6.07) is 9.62. The van der Waals surface area contributed by atoms with Crippen molar-refractivity contribution >= 4 is 5.91 Å². The third-order valence-electron chi connectivity index (χ3n) is 6.27. The minimum atomic E-state index is 0.0462. The second kappa shape index (κ2) is 7.88. The first-order valence-electron chi connectivity index (χ1n) is 10.1. The Morgan fingerprint density at radius 2 is 2.08 bits per heavy atom. The zero-order valence-corrected chi connectivity index (χ0v) is 15.2. The van der Waals surface area contributed by atoms with E-state index in [2.05, 4.69) is 39.8 Å². The van der Waals surface area contributed by atoms with Crippen LogP contribution in [-0.4, -0.2) is 43.0 Å². The molecule has 0 saturated carbocycles. The van der Waals surface area contributed by atoms with Crippen LogP contribution in [0.5, 0.6) is 0 Å². The first-order valence-corrected chi connectivity index (χ1v) is 10.1. The molecular formula is C21H31N3O. The van der Waals surface area contributed by atoms with Crippen LogP contribution in [0.3, 0.4) is 0 Å². The van der Waals surface area contributed by atoms with Gasteiger partial charge < -0.3 is 10.6 Å². The van der Waals surface area contributed by atoms with Crippen LogP contribution >= 0.6 is 0 Å². The topological polar surface area (TPSA) is 44.4 Å². The highest BCUT2D eigenvalue weighted by molar-refractivity contribution is 5.81. The number of nitrogens with one attached hydrogen (secondary N) is 2. The summed E-state index contributed by atoms with van der Waals surface area (Å²) in [5.74, 6) is 0.797. The second-order valence-electron chi connectivity index (χ2n) is 8.00. The third kappa shape index (κ3) is 3.90. The molecule has 2 saturated heterocycles. The van der Waals surface area contributed by atoms with Crippen LogP contribution in [-0.2, 0) is 11.2 Å². The molecule has 1 aliphatic carbocycles. The number of carbonyl (C=O) groups excluding carboxylic acids is 1. The lowest BCUT2D eigenvalue weighted by Crippen LogP contribution is -2.46. The summed E-state index contributed by atoms with van der Waals surface area (Å²) in [5, 5.41) is 6.50. The molecule has 0 spiro atoms. The molecule has 2 aliphatic heterocycles. The zero-order valence-electron chi connectivity index (χ0n) is 15.2. The number of piperidine rings is 1. The van der Waals surface area contributed by atoms with Crippen LogP contribution in [0.4, 0.5) is 0 Å². The normalized spacial score (nSPS) is 30.0. The van der Waals surface area contributed by atoms with Gasteiger partial charge in [0.05, 0.1) is 6.04 Å². The molecular weight excluding hydrogens is 310 g/mol. The van der Waals surface area contributed by atoms with E-state index in [0.717, 1.165) is 32.5 Å². The van der Waals surface area contributed by atoms with Crippen molar-refractivity contribution in [2.45, 2.75) is 57.0 Å². The number of hydrogen-bond donors (Lipinski definition) is 2. The van der Waals surface area contributed by atoms with E-state index < -0.39 is 0 Å². The van der Waals surface area contributed by atoms with Crippen molar-refractivity contribution in [1.29, 1.82) is 0 Å². The molecule has 2 heterocycles. The Morgan fingerprint density at radius 1 is 1.16 bits per heavy atom. The van der Waals surface area contributed by atoms with Crippen molar-refractivity contribution in [2.24, 2.45) is 5.92 Å². The van der Waals surface area contributed by atoms with Crippen LogP contribution in [0.1, 0.15) is 55.7 Å². The van der Waals surface area contributed by atoms with E-state index in [4.69, 9.17) is 0 Å². The molecule has 2 fully saturated rings. The Kier molecular flexibility index (Phi) is 5.37. The summed E-state index contributed by atoms with van der Waals surface area (Å²) in [6.07, 6.45) is 8.41. The molecule has 4 rings (SSSR count). The highest BCUT2D eigenvalue weighted by Gasteiger charge is 2.30. The van der Waals surface area contributed by atoms with Crippen molar-refractivity contribution in [2.75, 3.05) is 26.2 Å². The molecule has 4 nitrogen and oxygen atoms in total. The number of nitrogens with zero attached hydrogens (tertiary/aromatic N) is 1. The summed E-state index contributed by atoms with van der Waals surface area (Å²) in [5.41, 5.74) is 3.09. The lowest BCUT2D eigenvalue weighted by Gasteiger charge is -2.41.